The van der Waals surface area contributed by atoms with E-state index in [1.165, 1.54) is 50.5 Å². The minimum absolute atomic E-state index is 0.105. The predicted octanol–water partition coefficient (Wildman–Crippen LogP) is 4.79. The molecule has 1 aromatic carbocycles. The van der Waals surface area contributed by atoms with Crippen molar-refractivity contribution >= 4 is 0 Å². The number of aliphatic hydroxyl groups is 1. The lowest BCUT2D eigenvalue weighted by Crippen LogP contribution is -2.24. The standard InChI is InChI=1S/C19H28O2/c1-19(2)13-16-12-15(10-11-17(16)21-19)18(20)14-8-6-4-3-5-7-9-14/h10-12,14,18,20H,3-9,13H2,1-2H3. The number of benzene rings is 1. The molecule has 1 aromatic rings. The van der Waals surface area contributed by atoms with Crippen molar-refractivity contribution in [3.8, 4) is 5.75 Å². The highest BCUT2D eigenvalue weighted by molar-refractivity contribution is 5.42. The highest BCUT2D eigenvalue weighted by Crippen LogP contribution is 2.39. The molecule has 2 heteroatoms. The molecule has 0 aromatic heterocycles. The minimum atomic E-state index is -0.308. The molecule has 2 aliphatic rings. The third-order valence-corrected chi connectivity index (χ3v) is 5.02. The van der Waals surface area contributed by atoms with Crippen LogP contribution in [-0.4, -0.2) is 10.7 Å². The summed E-state index contributed by atoms with van der Waals surface area (Å²) in [5.74, 6) is 1.42. The van der Waals surface area contributed by atoms with Gasteiger partial charge in [-0.3, -0.25) is 0 Å². The van der Waals surface area contributed by atoms with Crippen LogP contribution in [0.3, 0.4) is 0 Å². The summed E-state index contributed by atoms with van der Waals surface area (Å²) in [6.45, 7) is 4.25. The van der Waals surface area contributed by atoms with Crippen molar-refractivity contribution < 1.29 is 9.84 Å². The zero-order valence-electron chi connectivity index (χ0n) is 13.4. The van der Waals surface area contributed by atoms with Crippen molar-refractivity contribution in [2.24, 2.45) is 5.92 Å². The van der Waals surface area contributed by atoms with Gasteiger partial charge in [0.25, 0.3) is 0 Å². The van der Waals surface area contributed by atoms with Gasteiger partial charge in [0.15, 0.2) is 0 Å². The predicted molar refractivity (Wildman–Crippen MR) is 85.6 cm³/mol. The fraction of sp³-hybridized carbons (Fsp3) is 0.684. The van der Waals surface area contributed by atoms with E-state index < -0.39 is 0 Å². The minimum Gasteiger partial charge on any atom is -0.487 e. The second kappa shape index (κ2) is 6.00. The Balaban J connectivity index is 1.74. The summed E-state index contributed by atoms with van der Waals surface area (Å²) in [5.41, 5.74) is 2.23. The second-order valence-electron chi connectivity index (χ2n) is 7.46. The van der Waals surface area contributed by atoms with E-state index in [2.05, 4.69) is 26.0 Å². The maximum Gasteiger partial charge on any atom is 0.123 e. The van der Waals surface area contributed by atoms with E-state index in [-0.39, 0.29) is 11.7 Å². The van der Waals surface area contributed by atoms with Crippen LogP contribution in [-0.2, 0) is 6.42 Å². The Morgan fingerprint density at radius 2 is 1.76 bits per heavy atom. The summed E-state index contributed by atoms with van der Waals surface area (Å²) in [6.07, 6.45) is 9.52. The number of fused-ring (bicyclic) bond motifs is 1. The second-order valence-corrected chi connectivity index (χ2v) is 7.46. The third-order valence-electron chi connectivity index (χ3n) is 5.02. The van der Waals surface area contributed by atoms with E-state index >= 15 is 0 Å². The zero-order chi connectivity index (χ0) is 14.9. The van der Waals surface area contributed by atoms with Crippen LogP contribution in [0.15, 0.2) is 18.2 Å². The lowest BCUT2D eigenvalue weighted by molar-refractivity contribution is 0.0912. The molecule has 1 atom stereocenters. The molecule has 3 rings (SSSR count). The first-order chi connectivity index (χ1) is 10.1. The molecule has 1 aliphatic carbocycles. The average Bonchev–Trinajstić information content (AvgIpc) is 2.70. The molecule has 0 bridgehead atoms. The molecule has 0 spiro atoms. The molecule has 21 heavy (non-hydrogen) atoms. The molecule has 1 N–H and O–H groups in total. The number of rotatable bonds is 2. The van der Waals surface area contributed by atoms with Crippen molar-refractivity contribution in [1.29, 1.82) is 0 Å². The quantitative estimate of drug-likeness (QED) is 0.847. The SMILES string of the molecule is CC1(C)Cc2cc(C(O)C3CCCCCCC3)ccc2O1. The first-order valence-electron chi connectivity index (χ1n) is 8.55. The first kappa shape index (κ1) is 14.9. The normalized spacial score (nSPS) is 23.8. The van der Waals surface area contributed by atoms with Crippen LogP contribution in [0, 0.1) is 5.92 Å². The summed E-state index contributed by atoms with van der Waals surface area (Å²) in [6, 6.07) is 6.28. The van der Waals surface area contributed by atoms with Crippen molar-refractivity contribution in [2.45, 2.75) is 76.9 Å². The van der Waals surface area contributed by atoms with E-state index in [1.807, 2.05) is 6.07 Å². The van der Waals surface area contributed by atoms with E-state index in [0.29, 0.717) is 5.92 Å². The Morgan fingerprint density at radius 3 is 2.48 bits per heavy atom. The summed E-state index contributed by atoms with van der Waals surface area (Å²) in [7, 11) is 0. The number of ether oxygens (including phenoxy) is 1. The largest absolute Gasteiger partial charge is 0.487 e. The van der Waals surface area contributed by atoms with Crippen LogP contribution < -0.4 is 4.74 Å². The average molecular weight is 288 g/mol. The summed E-state index contributed by atoms with van der Waals surface area (Å²) in [4.78, 5) is 0. The van der Waals surface area contributed by atoms with Crippen LogP contribution in [0.2, 0.25) is 0 Å². The fourth-order valence-electron chi connectivity index (χ4n) is 3.89. The van der Waals surface area contributed by atoms with Crippen LogP contribution >= 0.6 is 0 Å². The molecule has 116 valence electrons. The maximum atomic E-state index is 10.8. The molecule has 1 fully saturated rings. The summed E-state index contributed by atoms with van der Waals surface area (Å²) >= 11 is 0. The Kier molecular flexibility index (Phi) is 4.26. The van der Waals surface area contributed by atoms with Crippen LogP contribution in [0.1, 0.15) is 76.0 Å². The third kappa shape index (κ3) is 3.42. The van der Waals surface area contributed by atoms with Crippen molar-refractivity contribution in [3.05, 3.63) is 29.3 Å². The molecule has 1 aliphatic heterocycles. The molecule has 1 saturated carbocycles. The van der Waals surface area contributed by atoms with Crippen LogP contribution in [0.25, 0.3) is 0 Å². The zero-order valence-corrected chi connectivity index (χ0v) is 13.4. The van der Waals surface area contributed by atoms with Gasteiger partial charge in [0.1, 0.15) is 11.4 Å². The van der Waals surface area contributed by atoms with E-state index in [4.69, 9.17) is 4.74 Å². The molecule has 1 heterocycles. The van der Waals surface area contributed by atoms with Gasteiger partial charge < -0.3 is 9.84 Å². The number of hydrogen-bond acceptors (Lipinski definition) is 2. The van der Waals surface area contributed by atoms with Gasteiger partial charge in [0, 0.05) is 6.42 Å². The Hall–Kier alpha value is -1.02. The molecule has 0 radical (unpaired) electrons. The van der Waals surface area contributed by atoms with Gasteiger partial charge in [-0.05, 0) is 55.9 Å². The lowest BCUT2D eigenvalue weighted by atomic mass is 9.84. The van der Waals surface area contributed by atoms with Gasteiger partial charge in [0.2, 0.25) is 0 Å². The van der Waals surface area contributed by atoms with Crippen molar-refractivity contribution in [1.82, 2.24) is 0 Å². The molecular formula is C19H28O2. The van der Waals surface area contributed by atoms with E-state index in [1.54, 1.807) is 0 Å². The van der Waals surface area contributed by atoms with Crippen LogP contribution in [0.4, 0.5) is 0 Å². The molecule has 2 nitrogen and oxygen atoms in total. The number of hydrogen-bond donors (Lipinski definition) is 1. The molecule has 0 amide bonds. The van der Waals surface area contributed by atoms with Crippen LogP contribution in [0.5, 0.6) is 5.75 Å². The summed E-state index contributed by atoms with van der Waals surface area (Å²) < 4.78 is 5.93. The van der Waals surface area contributed by atoms with Gasteiger partial charge >= 0.3 is 0 Å². The van der Waals surface area contributed by atoms with Gasteiger partial charge in [-0.25, -0.2) is 0 Å². The first-order valence-corrected chi connectivity index (χ1v) is 8.55. The monoisotopic (exact) mass is 288 g/mol. The van der Waals surface area contributed by atoms with Gasteiger partial charge in [-0.15, -0.1) is 0 Å². The number of aliphatic hydroxyl groups excluding tert-OH is 1. The van der Waals surface area contributed by atoms with E-state index in [9.17, 15) is 5.11 Å². The van der Waals surface area contributed by atoms with Gasteiger partial charge in [0.05, 0.1) is 6.10 Å². The van der Waals surface area contributed by atoms with Crippen molar-refractivity contribution in [3.63, 3.8) is 0 Å². The lowest BCUT2D eigenvalue weighted by Gasteiger charge is -2.25. The Morgan fingerprint density at radius 1 is 1.10 bits per heavy atom. The Bertz CT molecular complexity index is 484. The van der Waals surface area contributed by atoms with Gasteiger partial charge in [-0.2, -0.15) is 0 Å². The summed E-state index contributed by atoms with van der Waals surface area (Å²) in [5, 5.41) is 10.8. The topological polar surface area (TPSA) is 29.5 Å². The molecule has 1 unspecified atom stereocenters. The Labute approximate surface area is 128 Å². The molecular weight excluding hydrogens is 260 g/mol. The highest BCUT2D eigenvalue weighted by atomic mass is 16.5. The van der Waals surface area contributed by atoms with Crippen molar-refractivity contribution in [2.75, 3.05) is 0 Å². The molecule has 0 saturated heterocycles. The van der Waals surface area contributed by atoms with E-state index in [0.717, 1.165) is 17.7 Å². The maximum absolute atomic E-state index is 10.8. The van der Waals surface area contributed by atoms with Gasteiger partial charge in [-0.1, -0.05) is 38.2 Å². The highest BCUT2D eigenvalue weighted by Gasteiger charge is 2.31. The fourth-order valence-corrected chi connectivity index (χ4v) is 3.89. The smallest absolute Gasteiger partial charge is 0.123 e.